The summed E-state index contributed by atoms with van der Waals surface area (Å²) in [5.41, 5.74) is 6.87. The molecule has 0 radical (unpaired) electrons. The third kappa shape index (κ3) is 1.77. The first-order valence-corrected chi connectivity index (χ1v) is 5.19. The van der Waals surface area contributed by atoms with E-state index in [-0.39, 0.29) is 5.54 Å². The lowest BCUT2D eigenvalue weighted by Gasteiger charge is -2.16. The number of halogens is 1. The molecule has 2 rings (SSSR count). The summed E-state index contributed by atoms with van der Waals surface area (Å²) >= 11 is 6.00. The van der Waals surface area contributed by atoms with Crippen LogP contribution < -0.4 is 15.2 Å². The minimum absolute atomic E-state index is 0.247. The van der Waals surface area contributed by atoms with Crippen LogP contribution in [0.25, 0.3) is 0 Å². The average Bonchev–Trinajstić information content (AvgIpc) is 2.97. The fourth-order valence-electron chi connectivity index (χ4n) is 1.65. The summed E-state index contributed by atoms with van der Waals surface area (Å²) in [4.78, 5) is 0. The van der Waals surface area contributed by atoms with Gasteiger partial charge in [0.2, 0.25) is 0 Å². The molecule has 0 aliphatic heterocycles. The van der Waals surface area contributed by atoms with Crippen molar-refractivity contribution in [1.29, 1.82) is 0 Å². The molecule has 1 aromatic carbocycles. The van der Waals surface area contributed by atoms with E-state index in [4.69, 9.17) is 26.8 Å². The van der Waals surface area contributed by atoms with Crippen molar-refractivity contribution in [3.63, 3.8) is 0 Å². The second-order valence-corrected chi connectivity index (χ2v) is 4.25. The van der Waals surface area contributed by atoms with Gasteiger partial charge in [-0.1, -0.05) is 11.6 Å². The normalized spacial score (nSPS) is 17.3. The van der Waals surface area contributed by atoms with Crippen LogP contribution in [0.1, 0.15) is 18.4 Å². The molecule has 0 unspecified atom stereocenters. The number of rotatable bonds is 3. The van der Waals surface area contributed by atoms with Crippen molar-refractivity contribution in [1.82, 2.24) is 0 Å². The Balaban J connectivity index is 2.51. The molecule has 0 heterocycles. The van der Waals surface area contributed by atoms with Gasteiger partial charge in [-0.15, -0.1) is 0 Å². The molecule has 1 aliphatic rings. The van der Waals surface area contributed by atoms with Crippen LogP contribution in [0.4, 0.5) is 0 Å². The molecule has 0 atom stereocenters. The first-order valence-electron chi connectivity index (χ1n) is 4.81. The number of nitrogens with two attached hydrogens (primary N) is 1. The van der Waals surface area contributed by atoms with Crippen molar-refractivity contribution in [2.75, 3.05) is 14.2 Å². The standard InChI is InChI=1S/C11H14ClNO2/c1-14-9-6-8(12)10(15-2)5-7(9)11(13)3-4-11/h5-6H,3-4,13H2,1-2H3. The molecule has 1 fully saturated rings. The fourth-order valence-corrected chi connectivity index (χ4v) is 1.88. The third-order valence-corrected chi connectivity index (χ3v) is 3.09. The molecule has 82 valence electrons. The summed E-state index contributed by atoms with van der Waals surface area (Å²) in [6.07, 6.45) is 1.96. The van der Waals surface area contributed by atoms with Gasteiger partial charge in [-0.25, -0.2) is 0 Å². The lowest BCUT2D eigenvalue weighted by molar-refractivity contribution is 0.394. The number of methoxy groups -OCH3 is 2. The molecule has 0 spiro atoms. The second kappa shape index (κ2) is 3.58. The Labute approximate surface area is 94.1 Å². The molecule has 2 N–H and O–H groups in total. The SMILES string of the molecule is COc1cc(C2(N)CC2)c(OC)cc1Cl. The fraction of sp³-hybridized carbons (Fsp3) is 0.455. The van der Waals surface area contributed by atoms with Gasteiger partial charge < -0.3 is 15.2 Å². The Bertz CT molecular complexity index is 388. The maximum absolute atomic E-state index is 6.14. The van der Waals surface area contributed by atoms with E-state index in [1.54, 1.807) is 20.3 Å². The molecule has 3 nitrogen and oxygen atoms in total. The van der Waals surface area contributed by atoms with E-state index < -0.39 is 0 Å². The summed E-state index contributed by atoms with van der Waals surface area (Å²) in [6, 6.07) is 3.62. The lowest BCUT2D eigenvalue weighted by Crippen LogP contribution is -2.19. The Morgan fingerprint density at radius 1 is 1.20 bits per heavy atom. The van der Waals surface area contributed by atoms with Gasteiger partial charge in [0.25, 0.3) is 0 Å². The highest BCUT2D eigenvalue weighted by Crippen LogP contribution is 2.48. The molecule has 0 amide bonds. The van der Waals surface area contributed by atoms with Crippen molar-refractivity contribution in [2.24, 2.45) is 5.73 Å². The van der Waals surface area contributed by atoms with Gasteiger partial charge in [0.05, 0.1) is 19.2 Å². The van der Waals surface area contributed by atoms with Crippen molar-refractivity contribution in [2.45, 2.75) is 18.4 Å². The van der Waals surface area contributed by atoms with Crippen LogP contribution in [0.2, 0.25) is 5.02 Å². The molecule has 1 aromatic rings. The minimum atomic E-state index is -0.247. The van der Waals surface area contributed by atoms with E-state index >= 15 is 0 Å². The Hall–Kier alpha value is -0.930. The average molecular weight is 228 g/mol. The van der Waals surface area contributed by atoms with Crippen LogP contribution >= 0.6 is 11.6 Å². The molecule has 15 heavy (non-hydrogen) atoms. The maximum Gasteiger partial charge on any atom is 0.138 e. The molecule has 0 aromatic heterocycles. The zero-order chi connectivity index (χ0) is 11.1. The second-order valence-electron chi connectivity index (χ2n) is 3.84. The number of hydrogen-bond acceptors (Lipinski definition) is 3. The molecule has 0 bridgehead atoms. The van der Waals surface area contributed by atoms with Gasteiger partial charge in [-0.2, -0.15) is 0 Å². The highest BCUT2D eigenvalue weighted by Gasteiger charge is 2.42. The molecular weight excluding hydrogens is 214 g/mol. The van der Waals surface area contributed by atoms with Gasteiger partial charge >= 0.3 is 0 Å². The Kier molecular flexibility index (Phi) is 2.52. The first-order chi connectivity index (χ1) is 7.10. The van der Waals surface area contributed by atoms with Crippen LogP contribution in [0.3, 0.4) is 0 Å². The van der Waals surface area contributed by atoms with E-state index in [0.717, 1.165) is 24.2 Å². The largest absolute Gasteiger partial charge is 0.496 e. The highest BCUT2D eigenvalue weighted by atomic mass is 35.5. The van der Waals surface area contributed by atoms with E-state index in [0.29, 0.717) is 10.8 Å². The summed E-state index contributed by atoms with van der Waals surface area (Å²) < 4.78 is 10.4. The van der Waals surface area contributed by atoms with E-state index in [1.807, 2.05) is 6.07 Å². The predicted molar refractivity (Wildman–Crippen MR) is 59.7 cm³/mol. The third-order valence-electron chi connectivity index (χ3n) is 2.80. The van der Waals surface area contributed by atoms with Gasteiger partial charge in [-0.3, -0.25) is 0 Å². The van der Waals surface area contributed by atoms with Gasteiger partial charge in [-0.05, 0) is 18.9 Å². The zero-order valence-electron chi connectivity index (χ0n) is 8.84. The summed E-state index contributed by atoms with van der Waals surface area (Å²) in [7, 11) is 3.21. The van der Waals surface area contributed by atoms with Crippen LogP contribution in [0.15, 0.2) is 12.1 Å². The first kappa shape index (κ1) is 10.6. The van der Waals surface area contributed by atoms with Crippen molar-refractivity contribution < 1.29 is 9.47 Å². The summed E-state index contributed by atoms with van der Waals surface area (Å²) in [6.45, 7) is 0. The number of benzene rings is 1. The topological polar surface area (TPSA) is 44.5 Å². The van der Waals surface area contributed by atoms with Crippen molar-refractivity contribution in [3.05, 3.63) is 22.7 Å². The van der Waals surface area contributed by atoms with Gasteiger partial charge in [0, 0.05) is 17.2 Å². The molecule has 4 heteroatoms. The van der Waals surface area contributed by atoms with Crippen LogP contribution in [0.5, 0.6) is 11.5 Å². The smallest absolute Gasteiger partial charge is 0.138 e. The Morgan fingerprint density at radius 3 is 2.27 bits per heavy atom. The van der Waals surface area contributed by atoms with Gasteiger partial charge in [0.15, 0.2) is 0 Å². The lowest BCUT2D eigenvalue weighted by atomic mass is 10.0. The van der Waals surface area contributed by atoms with Crippen LogP contribution in [-0.4, -0.2) is 14.2 Å². The molecule has 1 saturated carbocycles. The maximum atomic E-state index is 6.14. The summed E-state index contributed by atoms with van der Waals surface area (Å²) in [5.74, 6) is 1.38. The zero-order valence-corrected chi connectivity index (χ0v) is 9.60. The van der Waals surface area contributed by atoms with E-state index in [9.17, 15) is 0 Å². The number of ether oxygens (including phenoxy) is 2. The van der Waals surface area contributed by atoms with E-state index in [2.05, 4.69) is 0 Å². The van der Waals surface area contributed by atoms with Crippen LogP contribution in [-0.2, 0) is 5.54 Å². The molecule has 1 aliphatic carbocycles. The molecule has 0 saturated heterocycles. The monoisotopic (exact) mass is 227 g/mol. The van der Waals surface area contributed by atoms with Crippen molar-refractivity contribution in [3.8, 4) is 11.5 Å². The summed E-state index contributed by atoms with van der Waals surface area (Å²) in [5, 5.41) is 0.544. The Morgan fingerprint density at radius 2 is 1.80 bits per heavy atom. The van der Waals surface area contributed by atoms with Crippen LogP contribution in [0, 0.1) is 0 Å². The minimum Gasteiger partial charge on any atom is -0.496 e. The van der Waals surface area contributed by atoms with E-state index in [1.165, 1.54) is 0 Å². The highest BCUT2D eigenvalue weighted by molar-refractivity contribution is 6.32. The van der Waals surface area contributed by atoms with Crippen molar-refractivity contribution >= 4 is 11.6 Å². The van der Waals surface area contributed by atoms with Gasteiger partial charge in [0.1, 0.15) is 11.5 Å². The predicted octanol–water partition coefficient (Wildman–Crippen LogP) is 2.31. The number of hydrogen-bond donors (Lipinski definition) is 1. The molecular formula is C11H14ClNO2. The quantitative estimate of drug-likeness (QED) is 0.862.